The van der Waals surface area contributed by atoms with Gasteiger partial charge in [-0.3, -0.25) is 9.97 Å². The minimum absolute atomic E-state index is 0.921. The third kappa shape index (κ3) is 5.45. The van der Waals surface area contributed by atoms with E-state index in [0.29, 0.717) is 0 Å². The molecule has 0 fully saturated rings. The van der Waals surface area contributed by atoms with Gasteiger partial charge in [0.25, 0.3) is 0 Å². The van der Waals surface area contributed by atoms with E-state index in [4.69, 9.17) is 15.0 Å². The Labute approximate surface area is 363 Å². The molecule has 63 heavy (non-hydrogen) atoms. The van der Waals surface area contributed by atoms with E-state index in [1.54, 1.807) is 0 Å². The first-order valence-corrected chi connectivity index (χ1v) is 21.4. The lowest BCUT2D eigenvalue weighted by molar-refractivity contribution is 1.18. The molecule has 0 N–H and O–H groups in total. The van der Waals surface area contributed by atoms with E-state index in [2.05, 4.69) is 199 Å². The van der Waals surface area contributed by atoms with Gasteiger partial charge in [0.15, 0.2) is 0 Å². The molecule has 0 spiro atoms. The van der Waals surface area contributed by atoms with Crippen molar-refractivity contribution in [2.45, 2.75) is 0 Å². The Morgan fingerprint density at radius 1 is 0.317 bits per heavy atom. The Hall–Kier alpha value is -8.47. The number of hydrogen-bond acceptors (Lipinski definition) is 3. The quantitative estimate of drug-likeness (QED) is 0.163. The average Bonchev–Trinajstić information content (AvgIpc) is 3.70. The molecule has 0 bridgehead atoms. The van der Waals surface area contributed by atoms with Gasteiger partial charge in [-0.1, -0.05) is 164 Å². The zero-order valence-corrected chi connectivity index (χ0v) is 34.1. The van der Waals surface area contributed by atoms with Gasteiger partial charge in [0.05, 0.1) is 33.3 Å². The van der Waals surface area contributed by atoms with Gasteiger partial charge in [0.2, 0.25) is 0 Å². The number of pyridine rings is 3. The molecular formula is C59H36N4. The van der Waals surface area contributed by atoms with Crippen molar-refractivity contribution < 1.29 is 0 Å². The zero-order chi connectivity index (χ0) is 41.4. The molecule has 13 aromatic rings. The number of benzene rings is 9. The monoisotopic (exact) mass is 800 g/mol. The second kappa shape index (κ2) is 14.1. The molecule has 13 rings (SSSR count). The molecule has 0 saturated heterocycles. The topological polar surface area (TPSA) is 43.6 Å². The molecule has 4 heteroatoms. The summed E-state index contributed by atoms with van der Waals surface area (Å²) in [5.41, 5.74) is 15.3. The molecule has 0 amide bonds. The van der Waals surface area contributed by atoms with Gasteiger partial charge in [-0.2, -0.15) is 0 Å². The Balaban J connectivity index is 0.999. The summed E-state index contributed by atoms with van der Waals surface area (Å²) in [7, 11) is 0. The van der Waals surface area contributed by atoms with Crippen molar-refractivity contribution in [3.63, 3.8) is 0 Å². The minimum Gasteiger partial charge on any atom is -0.309 e. The number of aromatic nitrogens is 4. The van der Waals surface area contributed by atoms with Crippen LogP contribution < -0.4 is 0 Å². The Bertz CT molecular complexity index is 3950. The molecule has 0 atom stereocenters. The summed E-state index contributed by atoms with van der Waals surface area (Å²) in [6, 6.07) is 74.3. The van der Waals surface area contributed by atoms with Crippen molar-refractivity contribution in [2.24, 2.45) is 0 Å². The third-order valence-electron chi connectivity index (χ3n) is 12.9. The van der Waals surface area contributed by atoms with Crippen LogP contribution in [0.1, 0.15) is 0 Å². The van der Waals surface area contributed by atoms with Crippen molar-refractivity contribution in [3.8, 4) is 50.3 Å². The standard InChI is InChI=1S/C59H36N4/c1-3-14-39(15-4-1)56-50-32-33-53-55(48-21-9-10-25-52(48)63(53)41-17-5-2-6-18-41)54(50)49-23-11-22-43(58(49)62-56)38-28-26-37(27-29-38)42-30-31-46(45-20-8-7-19-44(42)45)51-36-40-16-12-34-60-57(40)59-47(51)24-13-35-61-59/h1-36H. The highest BCUT2D eigenvalue weighted by Gasteiger charge is 2.21. The van der Waals surface area contributed by atoms with E-state index in [1.165, 1.54) is 49.1 Å². The van der Waals surface area contributed by atoms with Crippen LogP contribution >= 0.6 is 0 Å². The van der Waals surface area contributed by atoms with Crippen molar-refractivity contribution in [3.05, 3.63) is 219 Å². The molecule has 292 valence electrons. The highest BCUT2D eigenvalue weighted by Crippen LogP contribution is 2.45. The molecule has 0 radical (unpaired) electrons. The number of rotatable bonds is 5. The summed E-state index contributed by atoms with van der Waals surface area (Å²) in [4.78, 5) is 15.1. The number of nitrogens with zero attached hydrogens (tertiary/aromatic N) is 4. The maximum atomic E-state index is 5.59. The molecule has 4 nitrogen and oxygen atoms in total. The summed E-state index contributed by atoms with van der Waals surface area (Å²) < 4.78 is 2.40. The predicted octanol–water partition coefficient (Wildman–Crippen LogP) is 15.4. The SMILES string of the molecule is c1ccc(-c2nc3c(-c4ccc(-c5ccc(-c6cc7cccnc7c7ncccc67)c6ccccc56)cc4)cccc3c3c2ccc2c3c3ccccc3n2-c2ccccc2)cc1. The fourth-order valence-electron chi connectivity index (χ4n) is 10.1. The van der Waals surface area contributed by atoms with Crippen LogP contribution in [0.2, 0.25) is 0 Å². The van der Waals surface area contributed by atoms with Crippen LogP contribution in [0.3, 0.4) is 0 Å². The van der Waals surface area contributed by atoms with Crippen molar-refractivity contribution >= 4 is 76.1 Å². The maximum Gasteiger partial charge on any atom is 0.0970 e. The third-order valence-corrected chi connectivity index (χ3v) is 12.9. The Morgan fingerprint density at radius 2 is 0.952 bits per heavy atom. The van der Waals surface area contributed by atoms with E-state index in [1.807, 2.05) is 24.5 Å². The van der Waals surface area contributed by atoms with Crippen LogP contribution in [-0.4, -0.2) is 19.5 Å². The Morgan fingerprint density at radius 3 is 1.76 bits per heavy atom. The van der Waals surface area contributed by atoms with Crippen molar-refractivity contribution in [2.75, 3.05) is 0 Å². The first-order chi connectivity index (χ1) is 31.3. The summed E-state index contributed by atoms with van der Waals surface area (Å²) >= 11 is 0. The number of hydrogen-bond donors (Lipinski definition) is 0. The molecule has 0 aliphatic rings. The van der Waals surface area contributed by atoms with Crippen molar-refractivity contribution in [1.82, 2.24) is 19.5 Å². The van der Waals surface area contributed by atoms with Gasteiger partial charge in [0.1, 0.15) is 0 Å². The van der Waals surface area contributed by atoms with Gasteiger partial charge < -0.3 is 4.57 Å². The summed E-state index contributed by atoms with van der Waals surface area (Å²) in [5.74, 6) is 0. The second-order valence-corrected chi connectivity index (χ2v) is 16.3. The van der Waals surface area contributed by atoms with Gasteiger partial charge >= 0.3 is 0 Å². The maximum absolute atomic E-state index is 5.59. The van der Waals surface area contributed by atoms with Crippen LogP contribution in [0.25, 0.3) is 126 Å². The highest BCUT2D eigenvalue weighted by molar-refractivity contribution is 6.30. The van der Waals surface area contributed by atoms with E-state index in [0.717, 1.165) is 77.3 Å². The lowest BCUT2D eigenvalue weighted by atomic mass is 9.89. The summed E-state index contributed by atoms with van der Waals surface area (Å²) in [6.45, 7) is 0. The first kappa shape index (κ1) is 35.3. The lowest BCUT2D eigenvalue weighted by Crippen LogP contribution is -1.95. The normalized spacial score (nSPS) is 11.8. The molecule has 0 saturated carbocycles. The fourth-order valence-corrected chi connectivity index (χ4v) is 10.1. The average molecular weight is 801 g/mol. The van der Waals surface area contributed by atoms with Gasteiger partial charge in [-0.25, -0.2) is 4.98 Å². The molecule has 0 aliphatic heterocycles. The van der Waals surface area contributed by atoms with Crippen LogP contribution in [0.4, 0.5) is 0 Å². The number of para-hydroxylation sites is 3. The van der Waals surface area contributed by atoms with Gasteiger partial charge in [0, 0.05) is 66.9 Å². The molecule has 9 aromatic carbocycles. The van der Waals surface area contributed by atoms with Crippen LogP contribution in [0.15, 0.2) is 219 Å². The Kier molecular flexibility index (Phi) is 7.87. The minimum atomic E-state index is 0.921. The molecule has 0 unspecified atom stereocenters. The van der Waals surface area contributed by atoms with E-state index in [-0.39, 0.29) is 0 Å². The lowest BCUT2D eigenvalue weighted by Gasteiger charge is -2.16. The van der Waals surface area contributed by atoms with Gasteiger partial charge in [-0.15, -0.1) is 0 Å². The van der Waals surface area contributed by atoms with E-state index >= 15 is 0 Å². The predicted molar refractivity (Wildman–Crippen MR) is 263 cm³/mol. The molecule has 4 aromatic heterocycles. The molecule has 4 heterocycles. The number of fused-ring (bicyclic) bond motifs is 11. The van der Waals surface area contributed by atoms with Crippen LogP contribution in [0, 0.1) is 0 Å². The van der Waals surface area contributed by atoms with Crippen LogP contribution in [0.5, 0.6) is 0 Å². The van der Waals surface area contributed by atoms with Gasteiger partial charge in [-0.05, 0) is 81.1 Å². The molecular weight excluding hydrogens is 765 g/mol. The zero-order valence-electron chi connectivity index (χ0n) is 34.1. The van der Waals surface area contributed by atoms with E-state index in [9.17, 15) is 0 Å². The second-order valence-electron chi connectivity index (χ2n) is 16.3. The summed E-state index contributed by atoms with van der Waals surface area (Å²) in [6.07, 6.45) is 3.70. The smallest absolute Gasteiger partial charge is 0.0970 e. The molecule has 0 aliphatic carbocycles. The largest absolute Gasteiger partial charge is 0.309 e. The summed E-state index contributed by atoms with van der Waals surface area (Å²) in [5, 5.41) is 10.6. The highest BCUT2D eigenvalue weighted by atomic mass is 15.0. The fraction of sp³-hybridized carbons (Fsp3) is 0. The van der Waals surface area contributed by atoms with E-state index < -0.39 is 0 Å². The van der Waals surface area contributed by atoms with Crippen molar-refractivity contribution in [1.29, 1.82) is 0 Å². The van der Waals surface area contributed by atoms with Crippen LogP contribution in [-0.2, 0) is 0 Å². The first-order valence-electron chi connectivity index (χ1n) is 21.4.